The van der Waals surface area contributed by atoms with Crippen LogP contribution in [0, 0.1) is 35.5 Å². The van der Waals surface area contributed by atoms with Crippen molar-refractivity contribution in [3.05, 3.63) is 126 Å². The molecule has 0 amide bonds. The lowest BCUT2D eigenvalue weighted by molar-refractivity contribution is 0.0190. The van der Waals surface area contributed by atoms with Crippen molar-refractivity contribution < 1.29 is 4.74 Å². The molecule has 2 aromatic carbocycles. The molecule has 2 saturated heterocycles. The molecule has 11 rings (SSSR count). The van der Waals surface area contributed by atoms with Crippen molar-refractivity contribution >= 4 is 27.5 Å². The third-order valence-electron chi connectivity index (χ3n) is 14.8. The first kappa shape index (κ1) is 33.6. The van der Waals surface area contributed by atoms with Gasteiger partial charge in [0.15, 0.2) is 0 Å². The van der Waals surface area contributed by atoms with Gasteiger partial charge in [-0.05, 0) is 134 Å². The quantitative estimate of drug-likeness (QED) is 0.230. The largest absolute Gasteiger partial charge is 0.369 e. The lowest BCUT2D eigenvalue weighted by atomic mass is 9.71. The van der Waals surface area contributed by atoms with E-state index in [4.69, 9.17) is 4.74 Å². The fourth-order valence-corrected chi connectivity index (χ4v) is 11.9. The first-order valence-electron chi connectivity index (χ1n) is 21.3. The second kappa shape index (κ2) is 12.9. The molecule has 5 heteroatoms. The number of nitrogens with zero attached hydrogens (tertiary/aromatic N) is 1. The van der Waals surface area contributed by atoms with E-state index in [1.54, 1.807) is 5.57 Å². The van der Waals surface area contributed by atoms with Crippen molar-refractivity contribution in [1.82, 2.24) is 20.5 Å². The zero-order chi connectivity index (χ0) is 36.1. The maximum absolute atomic E-state index is 7.23. The average molecular weight is 717 g/mol. The monoisotopic (exact) mass is 716 g/mol. The fraction of sp³-hybridized carbons (Fsp3) is 0.469. The van der Waals surface area contributed by atoms with Gasteiger partial charge >= 0.3 is 0 Å². The molecule has 11 unspecified atom stereocenters. The Morgan fingerprint density at radius 1 is 0.796 bits per heavy atom. The van der Waals surface area contributed by atoms with E-state index in [0.29, 0.717) is 35.5 Å². The minimum absolute atomic E-state index is 0.0365. The Bertz CT molecular complexity index is 2230. The van der Waals surface area contributed by atoms with Gasteiger partial charge in [0.05, 0.1) is 41.2 Å². The maximum Gasteiger partial charge on any atom is 0.0946 e. The average Bonchev–Trinajstić information content (AvgIpc) is 4.00. The van der Waals surface area contributed by atoms with E-state index in [1.165, 1.54) is 76.3 Å². The van der Waals surface area contributed by atoms with E-state index in [9.17, 15) is 0 Å². The molecule has 2 aliphatic heterocycles. The summed E-state index contributed by atoms with van der Waals surface area (Å²) in [5.41, 5.74) is 9.40. The molecule has 5 nitrogen and oxygen atoms in total. The summed E-state index contributed by atoms with van der Waals surface area (Å²) < 4.78 is 9.75. The molecule has 278 valence electrons. The molecule has 0 radical (unpaired) electrons. The van der Waals surface area contributed by atoms with Crippen LogP contribution in [0.25, 0.3) is 27.5 Å². The highest BCUT2D eigenvalue weighted by Crippen LogP contribution is 2.50. The molecule has 3 aromatic rings. The van der Waals surface area contributed by atoms with Gasteiger partial charge in [-0.3, -0.25) is 16.0 Å². The summed E-state index contributed by atoms with van der Waals surface area (Å²) in [7, 11) is 0. The maximum atomic E-state index is 7.23. The van der Waals surface area contributed by atoms with Crippen LogP contribution < -0.4 is 16.0 Å². The molecule has 8 aliphatic rings. The molecule has 2 bridgehead atoms. The first-order chi connectivity index (χ1) is 26.4. The number of para-hydroxylation sites is 1. The number of fused-ring (bicyclic) bond motifs is 8. The van der Waals surface area contributed by atoms with Gasteiger partial charge < -0.3 is 9.30 Å². The SMILES string of the molecule is CC1C=CC(C2(C)NC(C3=CC4CCC3C4)NC(C3=CC[C@H](C)C4OC5C=C(n6c7ccccc7c7ccc(C8CC=CCC8)cc76)C=CC5C34)N2)=CC1. The summed E-state index contributed by atoms with van der Waals surface area (Å²) >= 11 is 0. The lowest BCUT2D eigenvalue weighted by Crippen LogP contribution is -2.75. The van der Waals surface area contributed by atoms with Crippen LogP contribution in [0.3, 0.4) is 0 Å². The Morgan fingerprint density at radius 2 is 1.67 bits per heavy atom. The number of aromatic nitrogens is 1. The first-order valence-corrected chi connectivity index (χ1v) is 21.3. The fourth-order valence-electron chi connectivity index (χ4n) is 11.9. The van der Waals surface area contributed by atoms with E-state index in [0.717, 1.165) is 25.2 Å². The van der Waals surface area contributed by atoms with Crippen molar-refractivity contribution in [2.45, 2.75) is 108 Å². The van der Waals surface area contributed by atoms with E-state index < -0.39 is 0 Å². The second-order valence-corrected chi connectivity index (χ2v) is 18.3. The highest BCUT2D eigenvalue weighted by atomic mass is 16.5. The van der Waals surface area contributed by atoms with Crippen molar-refractivity contribution in [2.24, 2.45) is 35.5 Å². The van der Waals surface area contributed by atoms with Crippen LogP contribution in [0.4, 0.5) is 0 Å². The molecule has 1 aromatic heterocycles. The van der Waals surface area contributed by atoms with Crippen LogP contribution in [0.1, 0.15) is 83.6 Å². The van der Waals surface area contributed by atoms with Gasteiger partial charge in [-0.15, -0.1) is 0 Å². The minimum Gasteiger partial charge on any atom is -0.369 e. The van der Waals surface area contributed by atoms with Crippen LogP contribution in [0.5, 0.6) is 0 Å². The number of rotatable bonds is 5. The molecule has 3 fully saturated rings. The molecule has 54 heavy (non-hydrogen) atoms. The number of benzene rings is 2. The van der Waals surface area contributed by atoms with Crippen molar-refractivity contribution in [3.8, 4) is 0 Å². The van der Waals surface area contributed by atoms with E-state index in [1.807, 2.05) is 0 Å². The highest BCUT2D eigenvalue weighted by Gasteiger charge is 2.52. The van der Waals surface area contributed by atoms with Crippen LogP contribution in [0.15, 0.2) is 120 Å². The smallest absolute Gasteiger partial charge is 0.0946 e. The predicted octanol–water partition coefficient (Wildman–Crippen LogP) is 10.0. The molecule has 1 saturated carbocycles. The summed E-state index contributed by atoms with van der Waals surface area (Å²) in [5.74, 6) is 3.71. The van der Waals surface area contributed by atoms with Crippen molar-refractivity contribution in [2.75, 3.05) is 0 Å². The molecular weight excluding hydrogens is 661 g/mol. The topological polar surface area (TPSA) is 50.2 Å². The van der Waals surface area contributed by atoms with Gasteiger partial charge in [-0.2, -0.15) is 0 Å². The van der Waals surface area contributed by atoms with Crippen LogP contribution >= 0.6 is 0 Å². The Labute approximate surface area is 321 Å². The Hall–Kier alpha value is -3.74. The number of allylic oxidation sites excluding steroid dienone is 8. The number of ether oxygens (including phenoxy) is 1. The number of hydrogen-bond donors (Lipinski definition) is 3. The number of hydrogen-bond acceptors (Lipinski definition) is 4. The van der Waals surface area contributed by atoms with Gasteiger partial charge in [0, 0.05) is 28.3 Å². The Balaban J connectivity index is 0.942. The normalized spacial score (nSPS) is 39.7. The van der Waals surface area contributed by atoms with Gasteiger partial charge in [0.25, 0.3) is 0 Å². The third kappa shape index (κ3) is 5.40. The Kier molecular flexibility index (Phi) is 8.03. The molecule has 0 spiro atoms. The van der Waals surface area contributed by atoms with Gasteiger partial charge in [0.1, 0.15) is 0 Å². The summed E-state index contributed by atoms with van der Waals surface area (Å²) in [6.07, 6.45) is 34.7. The molecule has 6 aliphatic carbocycles. The zero-order valence-corrected chi connectivity index (χ0v) is 32.2. The van der Waals surface area contributed by atoms with E-state index >= 15 is 0 Å². The standard InChI is InChI=1S/C49H56N4O/c1-29-13-19-35(20-14-29)49(3)51-47(50-48(52-49)41-26-31-16-17-34(41)25-31)40-22-15-30(2)46-45(40)39-24-21-36(28-44(39)54-46)53-42-12-8-7-11-37(42)38-23-18-33(27-43(38)53)32-9-5-4-6-10-32/h4-5,7-8,11-13,18-24,26-32,34,39,44-48,50-52H,6,9-10,14-17,25H2,1-3H3/t29?,30-,31?,32?,34?,39?,44?,45?,46?,47?,48?,49?/m0/s1. The van der Waals surface area contributed by atoms with E-state index in [-0.39, 0.29) is 30.2 Å². The summed E-state index contributed by atoms with van der Waals surface area (Å²) in [4.78, 5) is 0. The lowest BCUT2D eigenvalue weighted by Gasteiger charge is -2.50. The summed E-state index contributed by atoms with van der Waals surface area (Å²) in [6.45, 7) is 7.10. The third-order valence-corrected chi connectivity index (χ3v) is 14.8. The van der Waals surface area contributed by atoms with Crippen molar-refractivity contribution in [1.29, 1.82) is 0 Å². The summed E-state index contributed by atoms with van der Waals surface area (Å²) in [6, 6.07) is 16.2. The van der Waals surface area contributed by atoms with Gasteiger partial charge in [-0.1, -0.05) is 92.8 Å². The van der Waals surface area contributed by atoms with Crippen LogP contribution in [-0.2, 0) is 4.74 Å². The zero-order valence-electron chi connectivity index (χ0n) is 32.2. The summed E-state index contributed by atoms with van der Waals surface area (Å²) in [5, 5.41) is 15.1. The number of nitrogens with one attached hydrogen (secondary N) is 3. The van der Waals surface area contributed by atoms with Crippen molar-refractivity contribution in [3.63, 3.8) is 0 Å². The Morgan fingerprint density at radius 3 is 2.46 bits per heavy atom. The minimum atomic E-state index is -0.336. The van der Waals surface area contributed by atoms with Crippen LogP contribution in [-0.4, -0.2) is 34.8 Å². The molecule has 3 heterocycles. The molecule has 12 atom stereocenters. The second-order valence-electron chi connectivity index (χ2n) is 18.3. The van der Waals surface area contributed by atoms with Crippen LogP contribution in [0.2, 0.25) is 0 Å². The molecular formula is C49H56N4O. The predicted molar refractivity (Wildman–Crippen MR) is 221 cm³/mol. The van der Waals surface area contributed by atoms with Gasteiger partial charge in [0.2, 0.25) is 0 Å². The van der Waals surface area contributed by atoms with Gasteiger partial charge in [-0.25, -0.2) is 0 Å². The van der Waals surface area contributed by atoms with E-state index in [2.05, 4.69) is 145 Å². The highest BCUT2D eigenvalue weighted by molar-refractivity contribution is 6.10. The molecule has 3 N–H and O–H groups in total.